The summed E-state index contributed by atoms with van der Waals surface area (Å²) in [6.07, 6.45) is 1.04. The Morgan fingerprint density at radius 3 is 2.68 bits per heavy atom. The molecule has 3 N–H and O–H groups in total. The number of rotatable bonds is 5. The summed E-state index contributed by atoms with van der Waals surface area (Å²) in [6, 6.07) is 2.15. The van der Waals surface area contributed by atoms with E-state index >= 15 is 0 Å². The van der Waals surface area contributed by atoms with Gasteiger partial charge in [-0.15, -0.1) is 0 Å². The molecule has 1 rings (SSSR count). The van der Waals surface area contributed by atoms with E-state index in [2.05, 4.69) is 5.32 Å². The van der Waals surface area contributed by atoms with E-state index < -0.39 is 21.9 Å². The molecule has 0 fully saturated rings. The molecule has 0 saturated heterocycles. The van der Waals surface area contributed by atoms with Crippen LogP contribution in [0, 0.1) is 10.1 Å². The molecule has 0 atom stereocenters. The first-order valence-electron chi connectivity index (χ1n) is 5.61. The fraction of sp³-hybridized carbons (Fsp3) is 0.455. The van der Waals surface area contributed by atoms with Crippen molar-refractivity contribution in [2.75, 3.05) is 6.54 Å². The predicted octanol–water partition coefficient (Wildman–Crippen LogP) is -0.390. The third-order valence-electron chi connectivity index (χ3n) is 2.48. The molecule has 19 heavy (non-hydrogen) atoms. The van der Waals surface area contributed by atoms with Gasteiger partial charge in [-0.2, -0.15) is 0 Å². The summed E-state index contributed by atoms with van der Waals surface area (Å²) in [6.45, 7) is 3.43. The SMILES string of the molecule is CC(C)(CN)NC(=O)Cn1cc([N+](=O)[O-])ccc1=O. The molecule has 1 heterocycles. The van der Waals surface area contributed by atoms with Crippen LogP contribution in [-0.4, -0.2) is 27.5 Å². The zero-order chi connectivity index (χ0) is 14.6. The van der Waals surface area contributed by atoms with Crippen LogP contribution in [0.15, 0.2) is 23.1 Å². The van der Waals surface area contributed by atoms with Crippen molar-refractivity contribution >= 4 is 11.6 Å². The van der Waals surface area contributed by atoms with Crippen LogP contribution in [0.3, 0.4) is 0 Å². The Morgan fingerprint density at radius 2 is 2.16 bits per heavy atom. The zero-order valence-corrected chi connectivity index (χ0v) is 10.8. The molecule has 0 aliphatic heterocycles. The van der Waals surface area contributed by atoms with Gasteiger partial charge in [0.25, 0.3) is 11.2 Å². The van der Waals surface area contributed by atoms with Crippen LogP contribution in [-0.2, 0) is 11.3 Å². The van der Waals surface area contributed by atoms with Gasteiger partial charge in [0.2, 0.25) is 5.91 Å². The molecule has 0 spiro atoms. The lowest BCUT2D eigenvalue weighted by atomic mass is 10.1. The first-order valence-corrected chi connectivity index (χ1v) is 5.61. The smallest absolute Gasteiger partial charge is 0.285 e. The van der Waals surface area contributed by atoms with Crippen LogP contribution in [0.25, 0.3) is 0 Å². The molecule has 0 unspecified atom stereocenters. The van der Waals surface area contributed by atoms with Crippen LogP contribution in [0.2, 0.25) is 0 Å². The third kappa shape index (κ3) is 4.18. The molecule has 8 heteroatoms. The minimum Gasteiger partial charge on any atom is -0.348 e. The Morgan fingerprint density at radius 1 is 1.53 bits per heavy atom. The maximum Gasteiger partial charge on any atom is 0.285 e. The monoisotopic (exact) mass is 268 g/mol. The standard InChI is InChI=1S/C11H16N4O4/c1-11(2,7-12)13-9(16)6-14-5-8(15(18)19)3-4-10(14)17/h3-5H,6-7,12H2,1-2H3,(H,13,16). The number of nitrogens with two attached hydrogens (primary N) is 1. The number of carbonyl (C=O) groups excluding carboxylic acids is 1. The lowest BCUT2D eigenvalue weighted by Crippen LogP contribution is -2.50. The van der Waals surface area contributed by atoms with Crippen molar-refractivity contribution in [2.24, 2.45) is 5.73 Å². The number of amides is 1. The number of nitrogens with one attached hydrogen (secondary N) is 1. The van der Waals surface area contributed by atoms with Gasteiger partial charge in [-0.25, -0.2) is 0 Å². The van der Waals surface area contributed by atoms with Crippen molar-refractivity contribution in [3.05, 3.63) is 38.8 Å². The lowest BCUT2D eigenvalue weighted by Gasteiger charge is -2.24. The summed E-state index contributed by atoms with van der Waals surface area (Å²) in [5.74, 6) is -0.432. The highest BCUT2D eigenvalue weighted by Gasteiger charge is 2.19. The van der Waals surface area contributed by atoms with E-state index in [1.54, 1.807) is 13.8 Å². The van der Waals surface area contributed by atoms with Gasteiger partial charge < -0.3 is 11.1 Å². The number of pyridine rings is 1. The van der Waals surface area contributed by atoms with E-state index in [-0.39, 0.29) is 18.8 Å². The zero-order valence-electron chi connectivity index (χ0n) is 10.8. The van der Waals surface area contributed by atoms with Crippen LogP contribution >= 0.6 is 0 Å². The van der Waals surface area contributed by atoms with Crippen molar-refractivity contribution in [1.29, 1.82) is 0 Å². The highest BCUT2D eigenvalue weighted by atomic mass is 16.6. The summed E-state index contributed by atoms with van der Waals surface area (Å²) in [4.78, 5) is 33.2. The summed E-state index contributed by atoms with van der Waals surface area (Å²) < 4.78 is 0.986. The predicted molar refractivity (Wildman–Crippen MR) is 68.6 cm³/mol. The van der Waals surface area contributed by atoms with Crippen molar-refractivity contribution < 1.29 is 9.72 Å². The van der Waals surface area contributed by atoms with Gasteiger partial charge in [0.15, 0.2) is 0 Å². The van der Waals surface area contributed by atoms with E-state index in [9.17, 15) is 19.7 Å². The summed E-state index contributed by atoms with van der Waals surface area (Å²) in [5.41, 5.74) is 4.15. The minimum atomic E-state index is -0.627. The van der Waals surface area contributed by atoms with Crippen LogP contribution in [0.1, 0.15) is 13.8 Å². The van der Waals surface area contributed by atoms with Gasteiger partial charge in [0.1, 0.15) is 6.54 Å². The molecule has 8 nitrogen and oxygen atoms in total. The molecule has 1 amide bonds. The number of hydrogen-bond donors (Lipinski definition) is 2. The third-order valence-corrected chi connectivity index (χ3v) is 2.48. The quantitative estimate of drug-likeness (QED) is 0.556. The first-order chi connectivity index (χ1) is 8.75. The van der Waals surface area contributed by atoms with Crippen molar-refractivity contribution in [3.63, 3.8) is 0 Å². The van der Waals surface area contributed by atoms with E-state index in [1.165, 1.54) is 0 Å². The highest BCUT2D eigenvalue weighted by Crippen LogP contribution is 2.06. The Kier molecular flexibility index (Phi) is 4.38. The van der Waals surface area contributed by atoms with Crippen molar-refractivity contribution in [2.45, 2.75) is 25.9 Å². The molecular weight excluding hydrogens is 252 g/mol. The number of nitro groups is 1. The molecule has 0 aromatic carbocycles. The van der Waals surface area contributed by atoms with Gasteiger partial charge in [0.05, 0.1) is 11.1 Å². The van der Waals surface area contributed by atoms with Crippen LogP contribution in [0.4, 0.5) is 5.69 Å². The van der Waals surface area contributed by atoms with Gasteiger partial charge in [-0.3, -0.25) is 24.3 Å². The van der Waals surface area contributed by atoms with Gasteiger partial charge in [0, 0.05) is 24.2 Å². The number of hydrogen-bond acceptors (Lipinski definition) is 5. The van der Waals surface area contributed by atoms with Gasteiger partial charge in [-0.1, -0.05) is 0 Å². The van der Waals surface area contributed by atoms with Crippen molar-refractivity contribution in [3.8, 4) is 0 Å². The largest absolute Gasteiger partial charge is 0.348 e. The molecule has 1 aromatic rings. The van der Waals surface area contributed by atoms with Crippen LogP contribution in [0.5, 0.6) is 0 Å². The number of nitrogens with zero attached hydrogens (tertiary/aromatic N) is 2. The van der Waals surface area contributed by atoms with E-state index in [4.69, 9.17) is 5.73 Å². The summed E-state index contributed by atoms with van der Waals surface area (Å²) in [7, 11) is 0. The fourth-order valence-corrected chi connectivity index (χ4v) is 1.37. The maximum absolute atomic E-state index is 11.7. The fourth-order valence-electron chi connectivity index (χ4n) is 1.37. The Labute approximate surface area is 109 Å². The van der Waals surface area contributed by atoms with Gasteiger partial charge in [-0.05, 0) is 13.8 Å². The Hall–Kier alpha value is -2.22. The van der Waals surface area contributed by atoms with E-state index in [1.807, 2.05) is 0 Å². The summed E-state index contributed by atoms with van der Waals surface area (Å²) in [5, 5.41) is 13.2. The second kappa shape index (κ2) is 5.61. The van der Waals surface area contributed by atoms with E-state index in [0.29, 0.717) is 0 Å². The first kappa shape index (κ1) is 14.8. The van der Waals surface area contributed by atoms with E-state index in [0.717, 1.165) is 22.9 Å². The number of carbonyl (C=O) groups is 1. The summed E-state index contributed by atoms with van der Waals surface area (Å²) >= 11 is 0. The normalized spacial score (nSPS) is 11.1. The average Bonchev–Trinajstić information content (AvgIpc) is 2.31. The molecule has 0 aliphatic carbocycles. The average molecular weight is 268 g/mol. The van der Waals surface area contributed by atoms with Crippen LogP contribution < -0.4 is 16.6 Å². The molecule has 0 aliphatic rings. The highest BCUT2D eigenvalue weighted by molar-refractivity contribution is 5.76. The Balaban J connectivity index is 2.88. The second-order valence-corrected chi connectivity index (χ2v) is 4.75. The maximum atomic E-state index is 11.7. The second-order valence-electron chi connectivity index (χ2n) is 4.75. The number of aromatic nitrogens is 1. The molecular formula is C11H16N4O4. The molecule has 0 radical (unpaired) electrons. The molecule has 0 saturated carbocycles. The minimum absolute atomic E-state index is 0.239. The molecule has 1 aromatic heterocycles. The van der Waals surface area contributed by atoms with Crippen molar-refractivity contribution in [1.82, 2.24) is 9.88 Å². The Bertz CT molecular complexity index is 550. The molecule has 104 valence electrons. The topological polar surface area (TPSA) is 120 Å². The lowest BCUT2D eigenvalue weighted by molar-refractivity contribution is -0.385. The molecule has 0 bridgehead atoms. The van der Waals surface area contributed by atoms with Gasteiger partial charge >= 0.3 is 0 Å².